The number of carboxylic acids is 1. The maximum Gasteiger partial charge on any atom is 0.311 e. The van der Waals surface area contributed by atoms with Gasteiger partial charge in [-0.2, -0.15) is 0 Å². The van der Waals surface area contributed by atoms with E-state index >= 15 is 0 Å². The van der Waals surface area contributed by atoms with Gasteiger partial charge in [-0.3, -0.25) is 9.59 Å². The maximum atomic E-state index is 12.1. The highest BCUT2D eigenvalue weighted by molar-refractivity contribution is 5.83. The largest absolute Gasteiger partial charge is 0.481 e. The molecule has 2 aliphatic rings. The summed E-state index contributed by atoms with van der Waals surface area (Å²) in [5.41, 5.74) is -0.701. The zero-order chi connectivity index (χ0) is 13.2. The average molecular weight is 254 g/mol. The topological polar surface area (TPSA) is 78.4 Å². The summed E-state index contributed by atoms with van der Waals surface area (Å²) in [4.78, 5) is 23.2. The van der Waals surface area contributed by atoms with Crippen molar-refractivity contribution in [2.24, 2.45) is 11.3 Å². The SMILES string of the molecule is CC1CCCNC1C(=O)NCC1(C(=O)O)CCC1. The molecular formula is C13H22N2O3. The molecule has 2 fully saturated rings. The Hall–Kier alpha value is -1.10. The standard InChI is InChI=1S/C13H22N2O3/c1-9-4-2-7-14-10(9)11(16)15-8-13(12(17)18)5-3-6-13/h9-10,14H,2-8H2,1H3,(H,15,16)(H,17,18). The van der Waals surface area contributed by atoms with Crippen LogP contribution in [-0.4, -0.2) is 36.1 Å². The second-order valence-electron chi connectivity index (χ2n) is 5.71. The van der Waals surface area contributed by atoms with Gasteiger partial charge in [0, 0.05) is 6.54 Å². The predicted octanol–water partition coefficient (Wildman–Crippen LogP) is 0.746. The smallest absolute Gasteiger partial charge is 0.311 e. The average Bonchev–Trinajstić information content (AvgIpc) is 2.27. The van der Waals surface area contributed by atoms with Crippen LogP contribution >= 0.6 is 0 Å². The lowest BCUT2D eigenvalue weighted by atomic mass is 9.68. The molecule has 0 aromatic carbocycles. The molecule has 102 valence electrons. The Labute approximate surface area is 107 Å². The summed E-state index contributed by atoms with van der Waals surface area (Å²) in [5.74, 6) is -0.505. The lowest BCUT2D eigenvalue weighted by Gasteiger charge is -2.38. The molecule has 0 aromatic rings. The van der Waals surface area contributed by atoms with Gasteiger partial charge in [0.25, 0.3) is 0 Å². The Morgan fingerprint density at radius 3 is 2.61 bits per heavy atom. The van der Waals surface area contributed by atoms with Crippen LogP contribution in [0.3, 0.4) is 0 Å². The number of hydrogen-bond acceptors (Lipinski definition) is 3. The number of amides is 1. The van der Waals surface area contributed by atoms with Gasteiger partial charge in [-0.15, -0.1) is 0 Å². The zero-order valence-corrected chi connectivity index (χ0v) is 10.9. The number of carbonyl (C=O) groups is 2. The molecule has 18 heavy (non-hydrogen) atoms. The van der Waals surface area contributed by atoms with Crippen molar-refractivity contribution >= 4 is 11.9 Å². The van der Waals surface area contributed by atoms with Gasteiger partial charge >= 0.3 is 5.97 Å². The lowest BCUT2D eigenvalue weighted by molar-refractivity contribution is -0.154. The van der Waals surface area contributed by atoms with E-state index in [1.54, 1.807) is 0 Å². The summed E-state index contributed by atoms with van der Waals surface area (Å²) in [6.45, 7) is 3.20. The number of carboxylic acid groups (broad SMARTS) is 1. The van der Waals surface area contributed by atoms with Crippen molar-refractivity contribution in [2.75, 3.05) is 13.1 Å². The van der Waals surface area contributed by atoms with E-state index in [-0.39, 0.29) is 18.5 Å². The van der Waals surface area contributed by atoms with Crippen molar-refractivity contribution in [1.29, 1.82) is 0 Å². The molecule has 0 spiro atoms. The fourth-order valence-electron chi connectivity index (χ4n) is 2.84. The minimum atomic E-state index is -0.779. The van der Waals surface area contributed by atoms with Crippen LogP contribution in [0.1, 0.15) is 39.0 Å². The van der Waals surface area contributed by atoms with Crippen LogP contribution in [-0.2, 0) is 9.59 Å². The molecule has 5 heteroatoms. The van der Waals surface area contributed by atoms with Gasteiger partial charge in [0.05, 0.1) is 11.5 Å². The van der Waals surface area contributed by atoms with E-state index in [9.17, 15) is 14.7 Å². The number of piperidine rings is 1. The van der Waals surface area contributed by atoms with Crippen molar-refractivity contribution < 1.29 is 14.7 Å². The maximum absolute atomic E-state index is 12.1. The summed E-state index contributed by atoms with van der Waals surface area (Å²) in [5, 5.41) is 15.2. The third-order valence-electron chi connectivity index (χ3n) is 4.42. The molecule has 2 atom stereocenters. The Bertz CT molecular complexity index is 339. The van der Waals surface area contributed by atoms with Crippen LogP contribution in [0.5, 0.6) is 0 Å². The lowest BCUT2D eigenvalue weighted by Crippen LogP contribution is -2.54. The van der Waals surface area contributed by atoms with Crippen LogP contribution in [0.4, 0.5) is 0 Å². The molecule has 1 aliphatic carbocycles. The minimum Gasteiger partial charge on any atom is -0.481 e. The molecule has 5 nitrogen and oxygen atoms in total. The number of aliphatic carboxylic acids is 1. The monoisotopic (exact) mass is 254 g/mol. The number of carbonyl (C=O) groups excluding carboxylic acids is 1. The Morgan fingerprint density at radius 2 is 2.11 bits per heavy atom. The van der Waals surface area contributed by atoms with Gasteiger partial charge in [0.2, 0.25) is 5.91 Å². The summed E-state index contributed by atoms with van der Waals surface area (Å²) in [6, 6.07) is -0.162. The molecule has 2 unspecified atom stereocenters. The van der Waals surface area contributed by atoms with Gasteiger partial charge in [-0.1, -0.05) is 13.3 Å². The van der Waals surface area contributed by atoms with Crippen molar-refractivity contribution in [3.05, 3.63) is 0 Å². The van der Waals surface area contributed by atoms with Gasteiger partial charge in [0.1, 0.15) is 0 Å². The Morgan fingerprint density at radius 1 is 1.39 bits per heavy atom. The van der Waals surface area contributed by atoms with E-state index in [4.69, 9.17) is 0 Å². The minimum absolute atomic E-state index is 0.0466. The van der Waals surface area contributed by atoms with Crippen molar-refractivity contribution in [3.63, 3.8) is 0 Å². The molecule has 1 amide bonds. The summed E-state index contributed by atoms with van der Waals surface area (Å²) < 4.78 is 0. The fraction of sp³-hybridized carbons (Fsp3) is 0.846. The van der Waals surface area contributed by atoms with Crippen molar-refractivity contribution in [1.82, 2.24) is 10.6 Å². The van der Waals surface area contributed by atoms with Crippen LogP contribution in [0.2, 0.25) is 0 Å². The van der Waals surface area contributed by atoms with E-state index in [2.05, 4.69) is 17.6 Å². The van der Waals surface area contributed by atoms with E-state index < -0.39 is 11.4 Å². The zero-order valence-electron chi connectivity index (χ0n) is 10.9. The molecular weight excluding hydrogens is 232 g/mol. The molecule has 1 heterocycles. The molecule has 1 aliphatic heterocycles. The molecule has 2 rings (SSSR count). The number of hydrogen-bond donors (Lipinski definition) is 3. The highest BCUT2D eigenvalue weighted by Crippen LogP contribution is 2.40. The van der Waals surface area contributed by atoms with Crippen molar-refractivity contribution in [2.45, 2.75) is 45.1 Å². The van der Waals surface area contributed by atoms with Crippen LogP contribution in [0.15, 0.2) is 0 Å². The van der Waals surface area contributed by atoms with Gasteiger partial charge in [-0.25, -0.2) is 0 Å². The third kappa shape index (κ3) is 2.51. The third-order valence-corrected chi connectivity index (χ3v) is 4.42. The van der Waals surface area contributed by atoms with E-state index in [0.29, 0.717) is 18.8 Å². The second kappa shape index (κ2) is 5.26. The van der Waals surface area contributed by atoms with Crippen LogP contribution < -0.4 is 10.6 Å². The summed E-state index contributed by atoms with van der Waals surface area (Å²) in [6.07, 6.45) is 4.45. The molecule has 3 N–H and O–H groups in total. The van der Waals surface area contributed by atoms with Crippen LogP contribution in [0, 0.1) is 11.3 Å². The summed E-state index contributed by atoms with van der Waals surface area (Å²) >= 11 is 0. The molecule has 0 radical (unpaired) electrons. The summed E-state index contributed by atoms with van der Waals surface area (Å²) in [7, 11) is 0. The van der Waals surface area contributed by atoms with Gasteiger partial charge < -0.3 is 15.7 Å². The molecule has 0 bridgehead atoms. The van der Waals surface area contributed by atoms with Gasteiger partial charge in [-0.05, 0) is 38.1 Å². The van der Waals surface area contributed by atoms with E-state index in [1.807, 2.05) is 0 Å². The van der Waals surface area contributed by atoms with Crippen LogP contribution in [0.25, 0.3) is 0 Å². The number of nitrogens with one attached hydrogen (secondary N) is 2. The highest BCUT2D eigenvalue weighted by Gasteiger charge is 2.44. The quantitative estimate of drug-likeness (QED) is 0.691. The Balaban J connectivity index is 1.86. The first kappa shape index (κ1) is 13.3. The van der Waals surface area contributed by atoms with E-state index in [0.717, 1.165) is 25.8 Å². The number of rotatable bonds is 4. The first-order valence-corrected chi connectivity index (χ1v) is 6.80. The molecule has 0 aromatic heterocycles. The fourth-order valence-corrected chi connectivity index (χ4v) is 2.84. The van der Waals surface area contributed by atoms with Gasteiger partial charge in [0.15, 0.2) is 0 Å². The molecule has 1 saturated heterocycles. The normalized spacial score (nSPS) is 30.3. The first-order valence-electron chi connectivity index (χ1n) is 6.80. The van der Waals surface area contributed by atoms with E-state index in [1.165, 1.54) is 0 Å². The molecule has 1 saturated carbocycles. The highest BCUT2D eigenvalue weighted by atomic mass is 16.4. The van der Waals surface area contributed by atoms with Crippen molar-refractivity contribution in [3.8, 4) is 0 Å². The second-order valence-corrected chi connectivity index (χ2v) is 5.71. The predicted molar refractivity (Wildman–Crippen MR) is 67.1 cm³/mol. The first-order chi connectivity index (χ1) is 8.55. The Kier molecular flexibility index (Phi) is 3.90.